The van der Waals surface area contributed by atoms with E-state index in [1.165, 1.54) is 4.57 Å². The number of aryl methyl sites for hydroxylation is 1. The molecule has 0 aliphatic rings. The molecule has 0 saturated heterocycles. The van der Waals surface area contributed by atoms with E-state index in [0.717, 1.165) is 30.4 Å². The largest absolute Gasteiger partial charge is 0.497 e. The molecule has 0 spiro atoms. The Morgan fingerprint density at radius 1 is 1.14 bits per heavy atom. The lowest BCUT2D eigenvalue weighted by molar-refractivity contribution is 0.414. The monoisotopic (exact) mass is 688 g/mol. The number of anilines is 1. The summed E-state index contributed by atoms with van der Waals surface area (Å²) in [5.41, 5.74) is 14.6. The van der Waals surface area contributed by atoms with E-state index in [1.807, 2.05) is 37.3 Å². The van der Waals surface area contributed by atoms with E-state index in [1.54, 1.807) is 43.8 Å². The average molecular weight is 689 g/mol. The van der Waals surface area contributed by atoms with Gasteiger partial charge in [-0.15, -0.1) is 0 Å². The number of aromatic nitrogens is 4. The number of pyridine rings is 1. The first-order valence-electron chi connectivity index (χ1n) is 16.1. The van der Waals surface area contributed by atoms with Crippen LogP contribution in [0.1, 0.15) is 37.3 Å². The predicted molar refractivity (Wildman–Crippen MR) is 193 cm³/mol. The first kappa shape index (κ1) is 35.3. The van der Waals surface area contributed by atoms with Crippen LogP contribution in [-0.2, 0) is 13.0 Å². The molecule has 9 N–H and O–H groups in total. The minimum atomic E-state index is -0.534. The third-order valence-corrected chi connectivity index (χ3v) is 8.40. The fourth-order valence-electron chi connectivity index (χ4n) is 5.49. The molecule has 0 fully saturated rings. The van der Waals surface area contributed by atoms with Gasteiger partial charge in [0.1, 0.15) is 17.2 Å². The van der Waals surface area contributed by atoms with Gasteiger partial charge < -0.3 is 37.1 Å². The van der Waals surface area contributed by atoms with Crippen LogP contribution >= 0.6 is 11.6 Å². The van der Waals surface area contributed by atoms with Gasteiger partial charge in [0.25, 0.3) is 0 Å². The molecule has 258 valence electrons. The summed E-state index contributed by atoms with van der Waals surface area (Å²) in [5, 5.41) is 17.9. The molecule has 49 heavy (non-hydrogen) atoms. The summed E-state index contributed by atoms with van der Waals surface area (Å²) in [6, 6.07) is 16.5. The SMILES string of the molecule is COc1ccnc(NC[C@@H](CCNC(=N)N)NCc2ccc(-n3cc4cc(-c5cc(CCC[C@H](C)N)cc(Cl)c5F)[nH]c4nc3=O)cc2)c1. The maximum absolute atomic E-state index is 15.2. The van der Waals surface area contributed by atoms with Gasteiger partial charge in [0.2, 0.25) is 0 Å². The van der Waals surface area contributed by atoms with Crippen LogP contribution in [0.2, 0.25) is 5.02 Å². The predicted octanol–water partition coefficient (Wildman–Crippen LogP) is 4.69. The number of hydrogen-bond acceptors (Lipinski definition) is 8. The summed E-state index contributed by atoms with van der Waals surface area (Å²) in [6.07, 6.45) is 6.50. The van der Waals surface area contributed by atoms with Crippen LogP contribution < -0.4 is 37.8 Å². The lowest BCUT2D eigenvalue weighted by atomic mass is 10.0. The van der Waals surface area contributed by atoms with E-state index in [4.69, 9.17) is 33.2 Å². The number of H-pyrrole nitrogens is 1. The number of ether oxygens (including phenoxy) is 1. The second kappa shape index (κ2) is 16.4. The Hall–Kier alpha value is -4.98. The van der Waals surface area contributed by atoms with Gasteiger partial charge >= 0.3 is 5.69 Å². The molecule has 5 aromatic rings. The molecule has 0 saturated carbocycles. The highest BCUT2D eigenvalue weighted by Crippen LogP contribution is 2.31. The molecular weight excluding hydrogens is 647 g/mol. The molecule has 2 atom stereocenters. The Morgan fingerprint density at radius 3 is 2.67 bits per heavy atom. The van der Waals surface area contributed by atoms with Crippen LogP contribution in [0.5, 0.6) is 5.75 Å². The summed E-state index contributed by atoms with van der Waals surface area (Å²) < 4.78 is 21.9. The van der Waals surface area contributed by atoms with Gasteiger partial charge in [-0.25, -0.2) is 14.2 Å². The zero-order valence-corrected chi connectivity index (χ0v) is 28.3. The van der Waals surface area contributed by atoms with Gasteiger partial charge in [-0.3, -0.25) is 9.98 Å². The molecular formula is C35H42ClFN10O2. The lowest BCUT2D eigenvalue weighted by Crippen LogP contribution is -2.40. The quantitative estimate of drug-likeness (QED) is 0.0571. The number of guanidine groups is 1. The van der Waals surface area contributed by atoms with Crippen molar-refractivity contribution in [1.82, 2.24) is 30.2 Å². The third kappa shape index (κ3) is 9.56. The van der Waals surface area contributed by atoms with Crippen molar-refractivity contribution in [2.24, 2.45) is 11.5 Å². The molecule has 2 aromatic carbocycles. The fraction of sp³-hybridized carbons (Fsp3) is 0.314. The number of rotatable bonds is 16. The number of benzene rings is 2. The van der Waals surface area contributed by atoms with E-state index in [-0.39, 0.29) is 23.1 Å². The first-order chi connectivity index (χ1) is 23.6. The average Bonchev–Trinajstić information content (AvgIpc) is 3.49. The van der Waals surface area contributed by atoms with Crippen molar-refractivity contribution >= 4 is 34.4 Å². The second-order valence-corrected chi connectivity index (χ2v) is 12.4. The smallest absolute Gasteiger partial charge is 0.354 e. The maximum Gasteiger partial charge on any atom is 0.354 e. The molecule has 0 amide bonds. The Labute approximate surface area is 289 Å². The Kier molecular flexibility index (Phi) is 11.8. The molecule has 5 rings (SSSR count). The Morgan fingerprint density at radius 2 is 1.94 bits per heavy atom. The molecule has 3 heterocycles. The topological polar surface area (TPSA) is 185 Å². The fourth-order valence-corrected chi connectivity index (χ4v) is 5.74. The Bertz CT molecular complexity index is 1940. The summed E-state index contributed by atoms with van der Waals surface area (Å²) in [7, 11) is 1.61. The lowest BCUT2D eigenvalue weighted by Gasteiger charge is -2.20. The number of nitrogens with zero attached hydrogens (tertiary/aromatic N) is 3. The van der Waals surface area contributed by atoms with Crippen LogP contribution in [0.4, 0.5) is 10.2 Å². The van der Waals surface area contributed by atoms with E-state index in [2.05, 4.69) is 30.9 Å². The van der Waals surface area contributed by atoms with Crippen LogP contribution in [0.3, 0.4) is 0 Å². The van der Waals surface area contributed by atoms with Gasteiger partial charge in [0.05, 0.1) is 23.5 Å². The number of methoxy groups -OCH3 is 1. The van der Waals surface area contributed by atoms with E-state index in [9.17, 15) is 4.79 Å². The zero-order valence-electron chi connectivity index (χ0n) is 27.5. The standard InChI is InChI=1S/C35H42ClFN10O2/c1-21(38)4-3-5-23-14-28(32(37)29(36)15-23)30-16-24-20-47(35(48)46-33(24)45-30)26-8-6-22(7-9-26)18-43-25(10-12-42-34(39)40)19-44-31-17-27(49-2)11-13-41-31/h6-9,11,13-17,20-21,25,43H,3-5,10,12,18-19,38H2,1-2H3,(H,41,44)(H4,39,40,42)(H,45,46,48)/t21-,25+/m0/s1. The molecule has 0 unspecified atom stereocenters. The van der Waals surface area contributed by atoms with Crippen molar-refractivity contribution in [2.75, 3.05) is 25.5 Å². The zero-order chi connectivity index (χ0) is 34.9. The van der Waals surface area contributed by atoms with Crippen LogP contribution in [0.15, 0.2) is 71.8 Å². The first-order valence-corrected chi connectivity index (χ1v) is 16.5. The minimum absolute atomic E-state index is 0.0200. The molecule has 3 aromatic heterocycles. The highest BCUT2D eigenvalue weighted by atomic mass is 35.5. The van der Waals surface area contributed by atoms with Crippen LogP contribution in [0, 0.1) is 11.2 Å². The summed E-state index contributed by atoms with van der Waals surface area (Å²) in [5.74, 6) is 0.786. The van der Waals surface area contributed by atoms with Crippen molar-refractivity contribution in [1.29, 1.82) is 5.41 Å². The highest BCUT2D eigenvalue weighted by Gasteiger charge is 2.16. The van der Waals surface area contributed by atoms with Gasteiger partial charge in [-0.05, 0) is 80.1 Å². The number of hydrogen-bond donors (Lipinski definition) is 7. The maximum atomic E-state index is 15.2. The van der Waals surface area contributed by atoms with Gasteiger partial charge in [-0.2, -0.15) is 4.98 Å². The van der Waals surface area contributed by atoms with Crippen LogP contribution in [0.25, 0.3) is 28.0 Å². The van der Waals surface area contributed by atoms with Crippen molar-refractivity contribution in [3.63, 3.8) is 0 Å². The summed E-state index contributed by atoms with van der Waals surface area (Å²) >= 11 is 6.26. The van der Waals surface area contributed by atoms with Gasteiger partial charge in [-0.1, -0.05) is 23.7 Å². The summed E-state index contributed by atoms with van der Waals surface area (Å²) in [6.45, 7) is 3.62. The third-order valence-electron chi connectivity index (χ3n) is 8.13. The van der Waals surface area contributed by atoms with Gasteiger partial charge in [0, 0.05) is 61.1 Å². The molecule has 0 aliphatic heterocycles. The highest BCUT2D eigenvalue weighted by molar-refractivity contribution is 6.31. The Balaban J connectivity index is 1.28. The number of fused-ring (bicyclic) bond motifs is 1. The normalized spacial score (nSPS) is 12.5. The van der Waals surface area contributed by atoms with E-state index < -0.39 is 11.5 Å². The number of halogens is 2. The minimum Gasteiger partial charge on any atom is -0.497 e. The van der Waals surface area contributed by atoms with Crippen molar-refractivity contribution in [3.05, 3.63) is 99.4 Å². The second-order valence-electron chi connectivity index (χ2n) is 12.0. The number of nitrogens with one attached hydrogen (secondary N) is 5. The number of nitrogens with two attached hydrogens (primary N) is 2. The van der Waals surface area contributed by atoms with E-state index in [0.29, 0.717) is 65.6 Å². The van der Waals surface area contributed by atoms with E-state index >= 15 is 4.39 Å². The van der Waals surface area contributed by atoms with Gasteiger partial charge in [0.15, 0.2) is 11.8 Å². The molecule has 14 heteroatoms. The van der Waals surface area contributed by atoms with Crippen molar-refractivity contribution in [3.8, 4) is 22.7 Å². The van der Waals surface area contributed by atoms with Crippen molar-refractivity contribution in [2.45, 2.75) is 51.2 Å². The summed E-state index contributed by atoms with van der Waals surface area (Å²) in [4.78, 5) is 24.7. The molecule has 0 bridgehead atoms. The molecule has 0 radical (unpaired) electrons. The van der Waals surface area contributed by atoms with Crippen molar-refractivity contribution < 1.29 is 9.13 Å². The molecule has 12 nitrogen and oxygen atoms in total. The number of aromatic amines is 1. The van der Waals surface area contributed by atoms with Crippen LogP contribution in [-0.4, -0.2) is 57.8 Å². The molecule has 0 aliphatic carbocycles.